The summed E-state index contributed by atoms with van der Waals surface area (Å²) in [5.74, 6) is 1.56. The molecule has 3 aromatic carbocycles. The standard InChI is InChI=1S/C26H26ClN5O3/c1-34-21-13-12-17(16-22(21)35-2)14-15-29-26(33)30-24-23(18-8-4-3-5-9-18)31-32(25(24)28)20-11-7-6-10-19(20)27/h3-13,16H,14-15,28H2,1-2H3,(H2,29,30,33). The van der Waals surface area contributed by atoms with E-state index in [-0.39, 0.29) is 5.82 Å². The molecule has 35 heavy (non-hydrogen) atoms. The van der Waals surface area contributed by atoms with Gasteiger partial charge in [0.1, 0.15) is 11.4 Å². The van der Waals surface area contributed by atoms with E-state index in [1.54, 1.807) is 20.3 Å². The fraction of sp³-hybridized carbons (Fsp3) is 0.154. The van der Waals surface area contributed by atoms with Crippen LogP contribution in [0, 0.1) is 0 Å². The van der Waals surface area contributed by atoms with Gasteiger partial charge in [-0.25, -0.2) is 9.48 Å². The summed E-state index contributed by atoms with van der Waals surface area (Å²) in [6.45, 7) is 0.403. The maximum absolute atomic E-state index is 12.8. The number of carbonyl (C=O) groups excluding carboxylic acids is 1. The largest absolute Gasteiger partial charge is 0.493 e. The lowest BCUT2D eigenvalue weighted by atomic mass is 10.1. The maximum Gasteiger partial charge on any atom is 0.319 e. The maximum atomic E-state index is 12.8. The number of nitrogens with zero attached hydrogens (tertiary/aromatic N) is 2. The van der Waals surface area contributed by atoms with Gasteiger partial charge in [0.25, 0.3) is 0 Å². The summed E-state index contributed by atoms with van der Waals surface area (Å²) in [6, 6.07) is 22.0. The van der Waals surface area contributed by atoms with Crippen LogP contribution in [0.3, 0.4) is 0 Å². The topological polar surface area (TPSA) is 103 Å². The minimum Gasteiger partial charge on any atom is -0.493 e. The van der Waals surface area contributed by atoms with Gasteiger partial charge in [0.05, 0.1) is 24.9 Å². The Morgan fingerprint density at radius 3 is 2.43 bits per heavy atom. The molecule has 0 saturated heterocycles. The Labute approximate surface area is 208 Å². The van der Waals surface area contributed by atoms with Crippen molar-refractivity contribution in [2.75, 3.05) is 31.8 Å². The number of methoxy groups -OCH3 is 2. The number of benzene rings is 3. The smallest absolute Gasteiger partial charge is 0.319 e. The molecular formula is C26H26ClN5O3. The molecule has 4 rings (SSSR count). The van der Waals surface area contributed by atoms with Gasteiger partial charge >= 0.3 is 6.03 Å². The molecule has 2 amide bonds. The summed E-state index contributed by atoms with van der Waals surface area (Å²) < 4.78 is 12.1. The molecule has 4 aromatic rings. The van der Waals surface area contributed by atoms with Crippen LogP contribution in [0.4, 0.5) is 16.3 Å². The second-order valence-electron chi connectivity index (χ2n) is 7.66. The second kappa shape index (κ2) is 10.8. The van der Waals surface area contributed by atoms with E-state index in [0.29, 0.717) is 46.6 Å². The number of para-hydroxylation sites is 1. The zero-order valence-electron chi connectivity index (χ0n) is 19.4. The number of nitrogens with two attached hydrogens (primary N) is 1. The Bertz CT molecular complexity index is 1320. The van der Waals surface area contributed by atoms with Crippen LogP contribution in [0.5, 0.6) is 11.5 Å². The fourth-order valence-corrected chi connectivity index (χ4v) is 3.89. The average Bonchev–Trinajstić information content (AvgIpc) is 3.20. The normalized spacial score (nSPS) is 10.6. The molecular weight excluding hydrogens is 466 g/mol. The highest BCUT2D eigenvalue weighted by Gasteiger charge is 2.21. The first kappa shape index (κ1) is 24.0. The first-order valence-electron chi connectivity index (χ1n) is 11.0. The van der Waals surface area contributed by atoms with Crippen LogP contribution >= 0.6 is 11.6 Å². The van der Waals surface area contributed by atoms with Crippen molar-refractivity contribution in [3.8, 4) is 28.4 Å². The van der Waals surface area contributed by atoms with Gasteiger partial charge in [-0.1, -0.05) is 60.1 Å². The minimum absolute atomic E-state index is 0.270. The number of halogens is 1. The van der Waals surface area contributed by atoms with Crippen LogP contribution < -0.4 is 25.8 Å². The summed E-state index contributed by atoms with van der Waals surface area (Å²) in [5.41, 5.74) is 9.81. The van der Waals surface area contributed by atoms with E-state index < -0.39 is 6.03 Å². The summed E-state index contributed by atoms with van der Waals surface area (Å²) in [7, 11) is 3.18. The van der Waals surface area contributed by atoms with E-state index in [1.165, 1.54) is 4.68 Å². The van der Waals surface area contributed by atoms with Gasteiger partial charge in [-0.05, 0) is 36.2 Å². The summed E-state index contributed by atoms with van der Waals surface area (Å²) in [5, 5.41) is 10.9. The molecule has 8 nitrogen and oxygen atoms in total. The van der Waals surface area contributed by atoms with Crippen LogP contribution in [0.15, 0.2) is 72.8 Å². The minimum atomic E-state index is -0.395. The highest BCUT2D eigenvalue weighted by molar-refractivity contribution is 6.32. The Balaban J connectivity index is 1.53. The number of rotatable bonds is 8. The van der Waals surface area contributed by atoms with Crippen molar-refractivity contribution in [3.05, 3.63) is 83.4 Å². The van der Waals surface area contributed by atoms with Crippen LogP contribution in [0.25, 0.3) is 16.9 Å². The molecule has 0 fully saturated rings. The Kier molecular flexibility index (Phi) is 7.42. The average molecular weight is 492 g/mol. The van der Waals surface area contributed by atoms with E-state index in [4.69, 9.17) is 26.8 Å². The fourth-order valence-electron chi connectivity index (χ4n) is 3.67. The zero-order valence-corrected chi connectivity index (χ0v) is 20.2. The Morgan fingerprint density at radius 2 is 1.71 bits per heavy atom. The summed E-state index contributed by atoms with van der Waals surface area (Å²) in [6.07, 6.45) is 0.605. The zero-order chi connectivity index (χ0) is 24.8. The van der Waals surface area contributed by atoms with Crippen molar-refractivity contribution >= 4 is 29.1 Å². The number of nitrogens with one attached hydrogen (secondary N) is 2. The number of urea groups is 1. The van der Waals surface area contributed by atoms with E-state index in [9.17, 15) is 4.79 Å². The number of anilines is 2. The first-order chi connectivity index (χ1) is 17.0. The molecule has 0 aliphatic rings. The van der Waals surface area contributed by atoms with E-state index in [1.807, 2.05) is 66.7 Å². The van der Waals surface area contributed by atoms with Gasteiger partial charge in [0, 0.05) is 12.1 Å². The molecule has 9 heteroatoms. The predicted molar refractivity (Wildman–Crippen MR) is 139 cm³/mol. The molecule has 0 bridgehead atoms. The molecule has 4 N–H and O–H groups in total. The van der Waals surface area contributed by atoms with Gasteiger partial charge in [-0.2, -0.15) is 5.10 Å². The number of ether oxygens (including phenoxy) is 2. The number of carbonyl (C=O) groups is 1. The van der Waals surface area contributed by atoms with Crippen molar-refractivity contribution in [2.24, 2.45) is 0 Å². The van der Waals surface area contributed by atoms with Crippen LogP contribution in [-0.2, 0) is 6.42 Å². The number of amides is 2. The summed E-state index contributed by atoms with van der Waals surface area (Å²) in [4.78, 5) is 12.8. The number of nitrogen functional groups attached to an aromatic ring is 1. The van der Waals surface area contributed by atoms with Crippen LogP contribution in [0.2, 0.25) is 5.02 Å². The summed E-state index contributed by atoms with van der Waals surface area (Å²) >= 11 is 6.38. The third-order valence-corrected chi connectivity index (χ3v) is 5.75. The molecule has 180 valence electrons. The third kappa shape index (κ3) is 5.33. The second-order valence-corrected chi connectivity index (χ2v) is 8.07. The molecule has 1 heterocycles. The van der Waals surface area contributed by atoms with Gasteiger partial charge < -0.3 is 25.8 Å². The van der Waals surface area contributed by atoms with Crippen molar-refractivity contribution in [3.63, 3.8) is 0 Å². The first-order valence-corrected chi connectivity index (χ1v) is 11.3. The SMILES string of the molecule is COc1ccc(CCNC(=O)Nc2c(-c3ccccc3)nn(-c3ccccc3Cl)c2N)cc1OC. The third-order valence-electron chi connectivity index (χ3n) is 5.43. The number of hydrogen-bond acceptors (Lipinski definition) is 5. The van der Waals surface area contributed by atoms with Gasteiger partial charge in [0.15, 0.2) is 17.3 Å². The molecule has 0 atom stereocenters. The Hall–Kier alpha value is -4.17. The molecule has 0 spiro atoms. The molecule has 0 unspecified atom stereocenters. The van der Waals surface area contributed by atoms with Crippen LogP contribution in [0.1, 0.15) is 5.56 Å². The van der Waals surface area contributed by atoms with Crippen molar-refractivity contribution in [1.29, 1.82) is 0 Å². The van der Waals surface area contributed by atoms with E-state index >= 15 is 0 Å². The predicted octanol–water partition coefficient (Wildman–Crippen LogP) is 5.16. The quantitative estimate of drug-likeness (QED) is 0.316. The lowest BCUT2D eigenvalue weighted by Gasteiger charge is -2.11. The number of aromatic nitrogens is 2. The van der Waals surface area contributed by atoms with Crippen molar-refractivity contribution in [1.82, 2.24) is 15.1 Å². The van der Waals surface area contributed by atoms with Gasteiger partial charge in [-0.3, -0.25) is 0 Å². The number of hydrogen-bond donors (Lipinski definition) is 3. The van der Waals surface area contributed by atoms with Gasteiger partial charge in [-0.15, -0.1) is 0 Å². The highest BCUT2D eigenvalue weighted by atomic mass is 35.5. The monoisotopic (exact) mass is 491 g/mol. The lowest BCUT2D eigenvalue weighted by molar-refractivity contribution is 0.252. The Morgan fingerprint density at radius 1 is 1.00 bits per heavy atom. The van der Waals surface area contributed by atoms with E-state index in [2.05, 4.69) is 15.7 Å². The van der Waals surface area contributed by atoms with Crippen molar-refractivity contribution < 1.29 is 14.3 Å². The lowest BCUT2D eigenvalue weighted by Crippen LogP contribution is -2.30. The van der Waals surface area contributed by atoms with Gasteiger partial charge in [0.2, 0.25) is 0 Å². The molecule has 0 radical (unpaired) electrons. The van der Waals surface area contributed by atoms with Crippen LogP contribution in [-0.4, -0.2) is 36.6 Å². The van der Waals surface area contributed by atoms with Crippen molar-refractivity contribution in [2.45, 2.75) is 6.42 Å². The molecule has 0 aliphatic carbocycles. The van der Waals surface area contributed by atoms with E-state index in [0.717, 1.165) is 11.1 Å². The highest BCUT2D eigenvalue weighted by Crippen LogP contribution is 2.35. The molecule has 1 aromatic heterocycles. The molecule has 0 saturated carbocycles. The molecule has 0 aliphatic heterocycles.